The lowest BCUT2D eigenvalue weighted by molar-refractivity contribution is -0.140. The summed E-state index contributed by atoms with van der Waals surface area (Å²) in [6.45, 7) is 4.51. The van der Waals surface area contributed by atoms with Crippen LogP contribution in [0, 0.1) is 0 Å². The van der Waals surface area contributed by atoms with Gasteiger partial charge in [0.2, 0.25) is 17.7 Å². The first kappa shape index (κ1) is 22.1. The predicted molar refractivity (Wildman–Crippen MR) is 116 cm³/mol. The molecule has 3 heterocycles. The maximum absolute atomic E-state index is 12.9. The van der Waals surface area contributed by atoms with Gasteiger partial charge in [-0.1, -0.05) is 12.1 Å². The van der Waals surface area contributed by atoms with E-state index in [2.05, 4.69) is 5.32 Å². The molecule has 0 aliphatic carbocycles. The van der Waals surface area contributed by atoms with Crippen molar-refractivity contribution in [3.63, 3.8) is 0 Å². The highest BCUT2D eigenvalue weighted by Crippen LogP contribution is 2.33. The van der Waals surface area contributed by atoms with Gasteiger partial charge in [0.15, 0.2) is 0 Å². The van der Waals surface area contributed by atoms with E-state index in [0.717, 1.165) is 6.42 Å². The molecule has 1 N–H and O–H groups in total. The second kappa shape index (κ2) is 9.18. The monoisotopic (exact) mass is 442 g/mol. The number of carbonyl (C=O) groups excluding carboxylic acids is 4. The van der Waals surface area contributed by atoms with E-state index >= 15 is 0 Å². The molecule has 3 aliphatic heterocycles. The number of carbonyl (C=O) groups is 4. The van der Waals surface area contributed by atoms with Crippen molar-refractivity contribution in [2.45, 2.75) is 38.2 Å². The van der Waals surface area contributed by atoms with Crippen LogP contribution in [0.1, 0.15) is 43.0 Å². The molecule has 1 spiro atoms. The van der Waals surface area contributed by atoms with Crippen LogP contribution in [0.15, 0.2) is 24.3 Å². The highest BCUT2D eigenvalue weighted by Gasteiger charge is 2.40. The zero-order chi connectivity index (χ0) is 22.7. The summed E-state index contributed by atoms with van der Waals surface area (Å²) in [6.07, 6.45) is 1.99. The average molecular weight is 443 g/mol. The smallest absolute Gasteiger partial charge is 0.255 e. The van der Waals surface area contributed by atoms with E-state index in [0.29, 0.717) is 63.4 Å². The van der Waals surface area contributed by atoms with Gasteiger partial charge in [-0.2, -0.15) is 0 Å². The van der Waals surface area contributed by atoms with Crippen molar-refractivity contribution in [2.75, 3.05) is 45.8 Å². The van der Waals surface area contributed by atoms with Crippen LogP contribution in [-0.4, -0.2) is 89.7 Å². The van der Waals surface area contributed by atoms with Gasteiger partial charge in [0.05, 0.1) is 18.7 Å². The van der Waals surface area contributed by atoms with Gasteiger partial charge in [-0.3, -0.25) is 19.2 Å². The van der Waals surface area contributed by atoms with Crippen LogP contribution >= 0.6 is 0 Å². The lowest BCUT2D eigenvalue weighted by Crippen LogP contribution is -2.47. The summed E-state index contributed by atoms with van der Waals surface area (Å²) in [4.78, 5) is 54.9. The number of fused-ring (bicyclic) bond motifs is 1. The van der Waals surface area contributed by atoms with Crippen molar-refractivity contribution < 1.29 is 23.9 Å². The minimum absolute atomic E-state index is 0.0179. The molecule has 2 fully saturated rings. The molecule has 2 saturated heterocycles. The molecule has 4 amide bonds. The zero-order valence-corrected chi connectivity index (χ0v) is 18.5. The topological polar surface area (TPSA) is 99.3 Å². The lowest BCUT2D eigenvalue weighted by Gasteiger charge is -2.32. The van der Waals surface area contributed by atoms with Crippen molar-refractivity contribution >= 4 is 23.6 Å². The Kier molecular flexibility index (Phi) is 6.34. The van der Waals surface area contributed by atoms with Crippen LogP contribution < -0.4 is 10.1 Å². The summed E-state index contributed by atoms with van der Waals surface area (Å²) in [5.74, 6) is 0.187. The van der Waals surface area contributed by atoms with Crippen LogP contribution in [-0.2, 0) is 14.4 Å². The third-order valence-electron chi connectivity index (χ3n) is 6.63. The van der Waals surface area contributed by atoms with E-state index in [1.807, 2.05) is 6.07 Å². The fourth-order valence-corrected chi connectivity index (χ4v) is 4.62. The Hall–Kier alpha value is -3.10. The standard InChI is InChI=1S/C23H30N4O5/c1-17(28)25-10-4-11-26(14-13-25)21(30)15-27-12-9-23(8-7-20(27)29)16-24-22(31)18-5-2-3-6-19(18)32-23/h2-3,5-6H,4,7-16H2,1H3,(H,24,31). The number of nitrogens with one attached hydrogen (secondary N) is 1. The van der Waals surface area contributed by atoms with E-state index in [9.17, 15) is 19.2 Å². The third-order valence-corrected chi connectivity index (χ3v) is 6.63. The summed E-state index contributed by atoms with van der Waals surface area (Å²) in [5.41, 5.74) is -0.187. The number of nitrogens with zero attached hydrogens (tertiary/aromatic N) is 3. The second-order valence-electron chi connectivity index (χ2n) is 8.77. The quantitative estimate of drug-likeness (QED) is 0.725. The van der Waals surface area contributed by atoms with Crippen molar-refractivity contribution in [2.24, 2.45) is 0 Å². The summed E-state index contributed by atoms with van der Waals surface area (Å²) >= 11 is 0. The van der Waals surface area contributed by atoms with Gasteiger partial charge in [0.25, 0.3) is 5.91 Å². The average Bonchev–Trinajstić information content (AvgIpc) is 3.17. The minimum Gasteiger partial charge on any atom is -0.485 e. The molecule has 0 bridgehead atoms. The number of rotatable bonds is 2. The SMILES string of the molecule is CC(=O)N1CCCN(C(=O)CN2CCC3(CCC2=O)CNC(=O)c2ccccc2O3)CC1. The van der Waals surface area contributed by atoms with Gasteiger partial charge < -0.3 is 24.8 Å². The molecule has 4 rings (SSSR count). The molecule has 0 aromatic heterocycles. The van der Waals surface area contributed by atoms with Gasteiger partial charge >= 0.3 is 0 Å². The van der Waals surface area contributed by atoms with Crippen LogP contribution in [0.25, 0.3) is 0 Å². The van der Waals surface area contributed by atoms with Crippen LogP contribution in [0.4, 0.5) is 0 Å². The summed E-state index contributed by atoms with van der Waals surface area (Å²) in [7, 11) is 0. The van der Waals surface area contributed by atoms with Crippen molar-refractivity contribution in [1.82, 2.24) is 20.0 Å². The fourth-order valence-electron chi connectivity index (χ4n) is 4.62. The van der Waals surface area contributed by atoms with Crippen LogP contribution in [0.3, 0.4) is 0 Å². The second-order valence-corrected chi connectivity index (χ2v) is 8.77. The molecule has 0 radical (unpaired) electrons. The van der Waals surface area contributed by atoms with Gasteiger partial charge in [0.1, 0.15) is 11.4 Å². The van der Waals surface area contributed by atoms with Crippen molar-refractivity contribution in [3.05, 3.63) is 29.8 Å². The highest BCUT2D eigenvalue weighted by molar-refractivity contribution is 5.97. The predicted octanol–water partition coefficient (Wildman–Crippen LogP) is 0.641. The normalized spacial score (nSPS) is 24.1. The van der Waals surface area contributed by atoms with Gasteiger partial charge in [-0.25, -0.2) is 0 Å². The van der Waals surface area contributed by atoms with Crippen molar-refractivity contribution in [3.8, 4) is 5.75 Å². The molecule has 1 atom stereocenters. The van der Waals surface area contributed by atoms with E-state index in [1.54, 1.807) is 39.8 Å². The first-order valence-electron chi connectivity index (χ1n) is 11.2. The summed E-state index contributed by atoms with van der Waals surface area (Å²) < 4.78 is 6.31. The van der Waals surface area contributed by atoms with Crippen LogP contribution in [0.2, 0.25) is 0 Å². The number of hydrogen-bond acceptors (Lipinski definition) is 5. The molecular weight excluding hydrogens is 412 g/mol. The van der Waals surface area contributed by atoms with E-state index in [4.69, 9.17) is 4.74 Å². The fraction of sp³-hybridized carbons (Fsp3) is 0.565. The number of hydrogen-bond donors (Lipinski definition) is 1. The number of benzene rings is 1. The lowest BCUT2D eigenvalue weighted by atomic mass is 9.94. The van der Waals surface area contributed by atoms with Gasteiger partial charge in [-0.15, -0.1) is 0 Å². The molecule has 0 saturated carbocycles. The largest absolute Gasteiger partial charge is 0.485 e. The first-order chi connectivity index (χ1) is 15.4. The maximum atomic E-state index is 12.9. The van der Waals surface area contributed by atoms with E-state index in [-0.39, 0.29) is 36.6 Å². The zero-order valence-electron chi connectivity index (χ0n) is 18.5. The molecule has 3 aliphatic rings. The van der Waals surface area contributed by atoms with E-state index in [1.165, 1.54) is 0 Å². The molecular formula is C23H30N4O5. The maximum Gasteiger partial charge on any atom is 0.255 e. The Morgan fingerprint density at radius 2 is 1.78 bits per heavy atom. The Labute approximate surface area is 187 Å². The Balaban J connectivity index is 1.40. The van der Waals surface area contributed by atoms with E-state index < -0.39 is 5.60 Å². The van der Waals surface area contributed by atoms with Gasteiger partial charge in [0, 0.05) is 52.5 Å². The molecule has 1 unspecified atom stereocenters. The summed E-state index contributed by atoms with van der Waals surface area (Å²) in [6, 6.07) is 7.12. The molecule has 9 heteroatoms. The Bertz CT molecular complexity index is 919. The molecule has 1 aromatic rings. The highest BCUT2D eigenvalue weighted by atomic mass is 16.5. The Morgan fingerprint density at radius 1 is 1.03 bits per heavy atom. The number of amides is 4. The minimum atomic E-state index is -0.680. The van der Waals surface area contributed by atoms with Crippen molar-refractivity contribution in [1.29, 1.82) is 0 Å². The number of likely N-dealkylation sites (tertiary alicyclic amines) is 1. The summed E-state index contributed by atoms with van der Waals surface area (Å²) in [5, 5.41) is 2.93. The first-order valence-corrected chi connectivity index (χ1v) is 11.2. The number of para-hydroxylation sites is 1. The molecule has 32 heavy (non-hydrogen) atoms. The Morgan fingerprint density at radius 3 is 2.59 bits per heavy atom. The molecule has 9 nitrogen and oxygen atoms in total. The molecule has 172 valence electrons. The van der Waals surface area contributed by atoms with Crippen LogP contribution in [0.5, 0.6) is 5.75 Å². The molecule has 1 aromatic carbocycles. The number of ether oxygens (including phenoxy) is 1. The third kappa shape index (κ3) is 4.71. The van der Waals surface area contributed by atoms with Gasteiger partial charge in [-0.05, 0) is 25.0 Å².